The van der Waals surface area contributed by atoms with E-state index in [0.29, 0.717) is 13.2 Å². The first-order valence-electron chi connectivity index (χ1n) is 6.62. The fourth-order valence-electron chi connectivity index (χ4n) is 1.87. The largest absolute Gasteiger partial charge is 0.486 e. The van der Waals surface area contributed by atoms with Crippen LogP contribution in [0.2, 0.25) is 0 Å². The summed E-state index contributed by atoms with van der Waals surface area (Å²) < 4.78 is 7.59. The van der Waals surface area contributed by atoms with E-state index in [1.165, 1.54) is 5.56 Å². The minimum absolute atomic E-state index is 0.441. The van der Waals surface area contributed by atoms with Gasteiger partial charge in [0.2, 0.25) is 0 Å². The number of hydrogen-bond acceptors (Lipinski definition) is 4. The Morgan fingerprint density at radius 1 is 1.26 bits per heavy atom. The Balaban J connectivity index is 1.92. The molecule has 0 atom stereocenters. The average molecular weight is 260 g/mol. The Morgan fingerprint density at radius 3 is 2.74 bits per heavy atom. The van der Waals surface area contributed by atoms with Gasteiger partial charge in [-0.1, -0.05) is 19.1 Å². The van der Waals surface area contributed by atoms with Gasteiger partial charge >= 0.3 is 0 Å². The highest BCUT2D eigenvalue weighted by Crippen LogP contribution is 2.13. The van der Waals surface area contributed by atoms with Crippen LogP contribution in [-0.4, -0.2) is 21.3 Å². The van der Waals surface area contributed by atoms with Crippen molar-refractivity contribution >= 4 is 0 Å². The molecule has 2 N–H and O–H groups in total. The van der Waals surface area contributed by atoms with Crippen LogP contribution in [0.1, 0.15) is 24.7 Å². The zero-order valence-electron chi connectivity index (χ0n) is 11.2. The molecule has 0 saturated heterocycles. The van der Waals surface area contributed by atoms with Gasteiger partial charge in [0, 0.05) is 6.54 Å². The van der Waals surface area contributed by atoms with E-state index in [-0.39, 0.29) is 0 Å². The van der Waals surface area contributed by atoms with Crippen LogP contribution in [0.5, 0.6) is 5.75 Å². The summed E-state index contributed by atoms with van der Waals surface area (Å²) in [4.78, 5) is 4.21. The highest BCUT2D eigenvalue weighted by atomic mass is 16.5. The molecule has 5 heteroatoms. The van der Waals surface area contributed by atoms with E-state index in [1.807, 2.05) is 28.9 Å². The van der Waals surface area contributed by atoms with Crippen LogP contribution in [0, 0.1) is 0 Å². The Morgan fingerprint density at radius 2 is 2.05 bits per heavy atom. The van der Waals surface area contributed by atoms with Gasteiger partial charge < -0.3 is 10.5 Å². The van der Waals surface area contributed by atoms with Crippen molar-refractivity contribution in [3.8, 4) is 5.75 Å². The van der Waals surface area contributed by atoms with E-state index in [1.54, 1.807) is 6.33 Å². The fraction of sp³-hybridized carbons (Fsp3) is 0.429. The van der Waals surface area contributed by atoms with Crippen molar-refractivity contribution in [3.63, 3.8) is 0 Å². The van der Waals surface area contributed by atoms with Gasteiger partial charge in [0.25, 0.3) is 0 Å². The van der Waals surface area contributed by atoms with Gasteiger partial charge in [0.05, 0.1) is 0 Å². The Hall–Kier alpha value is -1.88. The van der Waals surface area contributed by atoms with Crippen molar-refractivity contribution < 1.29 is 4.74 Å². The quantitative estimate of drug-likeness (QED) is 0.824. The Bertz CT molecular complexity index is 492. The van der Waals surface area contributed by atoms with Crippen molar-refractivity contribution in [2.45, 2.75) is 32.9 Å². The van der Waals surface area contributed by atoms with Crippen LogP contribution < -0.4 is 10.5 Å². The second-order valence-corrected chi connectivity index (χ2v) is 4.37. The van der Waals surface area contributed by atoms with Crippen molar-refractivity contribution in [2.75, 3.05) is 6.54 Å². The van der Waals surface area contributed by atoms with Crippen LogP contribution in [0.15, 0.2) is 30.6 Å². The molecule has 0 aliphatic heterocycles. The number of hydrogen-bond donors (Lipinski definition) is 1. The number of aryl methyl sites for hydroxylation is 1. The van der Waals surface area contributed by atoms with Crippen molar-refractivity contribution in [3.05, 3.63) is 42.0 Å². The summed E-state index contributed by atoms with van der Waals surface area (Å²) in [6.07, 6.45) is 3.49. The summed E-state index contributed by atoms with van der Waals surface area (Å²) in [7, 11) is 0. The molecule has 0 fully saturated rings. The lowest BCUT2D eigenvalue weighted by atomic mass is 10.1. The van der Waals surface area contributed by atoms with Crippen molar-refractivity contribution in [1.82, 2.24) is 14.8 Å². The molecule has 2 rings (SSSR count). The molecule has 2 aromatic rings. The summed E-state index contributed by atoms with van der Waals surface area (Å²) in [5, 5.41) is 4.17. The van der Waals surface area contributed by atoms with E-state index >= 15 is 0 Å². The lowest BCUT2D eigenvalue weighted by molar-refractivity contribution is 0.286. The van der Waals surface area contributed by atoms with Gasteiger partial charge in [-0.15, -0.1) is 0 Å². The molecule has 5 nitrogen and oxygen atoms in total. The van der Waals surface area contributed by atoms with E-state index in [4.69, 9.17) is 10.5 Å². The maximum absolute atomic E-state index is 5.72. The summed E-state index contributed by atoms with van der Waals surface area (Å²) in [6, 6.07) is 8.01. The molecule has 102 valence electrons. The molecular formula is C14H20N4O. The first-order valence-corrected chi connectivity index (χ1v) is 6.62. The number of ether oxygens (including phenoxy) is 1. The molecule has 0 unspecified atom stereocenters. The molecule has 0 aliphatic rings. The molecule has 19 heavy (non-hydrogen) atoms. The maximum Gasteiger partial charge on any atom is 0.164 e. The van der Waals surface area contributed by atoms with E-state index in [9.17, 15) is 0 Å². The van der Waals surface area contributed by atoms with Gasteiger partial charge in [-0.25, -0.2) is 9.67 Å². The third-order valence-corrected chi connectivity index (χ3v) is 2.86. The normalized spacial score (nSPS) is 10.6. The third-order valence-electron chi connectivity index (χ3n) is 2.86. The maximum atomic E-state index is 5.72. The smallest absolute Gasteiger partial charge is 0.164 e. The Kier molecular flexibility index (Phi) is 4.92. The molecule has 1 aromatic carbocycles. The monoisotopic (exact) mass is 260 g/mol. The van der Waals surface area contributed by atoms with E-state index < -0.39 is 0 Å². The molecular weight excluding hydrogens is 240 g/mol. The standard InChI is InChI=1S/C14H20N4O/c1-2-9-18-14(16-11-17-18)10-19-13-5-3-12(4-6-13)7-8-15/h3-6,11H,2,7-10,15H2,1H3. The van der Waals surface area contributed by atoms with Crippen LogP contribution in [0.4, 0.5) is 0 Å². The summed E-state index contributed by atoms with van der Waals surface area (Å²) >= 11 is 0. The van der Waals surface area contributed by atoms with Gasteiger partial charge in [-0.3, -0.25) is 0 Å². The summed E-state index contributed by atoms with van der Waals surface area (Å²) in [5.74, 6) is 1.69. The molecule has 0 radical (unpaired) electrons. The van der Waals surface area contributed by atoms with Gasteiger partial charge in [-0.05, 0) is 37.1 Å². The molecule has 0 spiro atoms. The van der Waals surface area contributed by atoms with Crippen LogP contribution in [0.25, 0.3) is 0 Å². The van der Waals surface area contributed by atoms with Crippen LogP contribution in [-0.2, 0) is 19.6 Å². The van der Waals surface area contributed by atoms with Crippen LogP contribution in [0.3, 0.4) is 0 Å². The third kappa shape index (κ3) is 3.79. The second kappa shape index (κ2) is 6.89. The SMILES string of the molecule is CCCn1ncnc1COc1ccc(CCN)cc1. The summed E-state index contributed by atoms with van der Waals surface area (Å²) in [5.41, 5.74) is 6.74. The average Bonchev–Trinajstić information content (AvgIpc) is 2.86. The van der Waals surface area contributed by atoms with Gasteiger partial charge in [0.1, 0.15) is 18.7 Å². The zero-order valence-corrected chi connectivity index (χ0v) is 11.2. The number of aromatic nitrogens is 3. The highest BCUT2D eigenvalue weighted by molar-refractivity contribution is 5.27. The number of nitrogens with zero attached hydrogens (tertiary/aromatic N) is 3. The zero-order chi connectivity index (χ0) is 13.5. The summed E-state index contributed by atoms with van der Waals surface area (Å²) in [6.45, 7) is 4.09. The van der Waals surface area contributed by atoms with Crippen LogP contribution >= 0.6 is 0 Å². The molecule has 0 saturated carbocycles. The lowest BCUT2D eigenvalue weighted by Crippen LogP contribution is -2.08. The van der Waals surface area contributed by atoms with Crippen molar-refractivity contribution in [1.29, 1.82) is 0 Å². The van der Waals surface area contributed by atoms with Gasteiger partial charge in [0.15, 0.2) is 5.82 Å². The topological polar surface area (TPSA) is 66.0 Å². The van der Waals surface area contributed by atoms with Gasteiger partial charge in [-0.2, -0.15) is 5.10 Å². The van der Waals surface area contributed by atoms with E-state index in [2.05, 4.69) is 17.0 Å². The highest BCUT2D eigenvalue weighted by Gasteiger charge is 2.04. The molecule has 1 heterocycles. The Labute approximate surface area is 113 Å². The number of rotatable bonds is 7. The molecule has 0 bridgehead atoms. The number of nitrogens with two attached hydrogens (primary N) is 1. The molecule has 1 aromatic heterocycles. The fourth-order valence-corrected chi connectivity index (χ4v) is 1.87. The lowest BCUT2D eigenvalue weighted by Gasteiger charge is -2.08. The second-order valence-electron chi connectivity index (χ2n) is 4.37. The minimum Gasteiger partial charge on any atom is -0.486 e. The predicted octanol–water partition coefficient (Wildman–Crippen LogP) is 1.77. The first-order chi connectivity index (χ1) is 9.33. The predicted molar refractivity (Wildman–Crippen MR) is 73.8 cm³/mol. The molecule has 0 aliphatic carbocycles. The number of benzene rings is 1. The van der Waals surface area contributed by atoms with Crippen molar-refractivity contribution in [2.24, 2.45) is 5.73 Å². The first kappa shape index (κ1) is 13.5. The van der Waals surface area contributed by atoms with E-state index in [0.717, 1.165) is 31.0 Å². The minimum atomic E-state index is 0.441. The molecule has 0 amide bonds.